The number of fused-ring (bicyclic) bond motifs is 2. The van der Waals surface area contributed by atoms with Gasteiger partial charge in [0.2, 0.25) is 0 Å². The Morgan fingerprint density at radius 3 is 2.54 bits per heavy atom. The first kappa shape index (κ1) is 17.3. The second-order valence-corrected chi connectivity index (χ2v) is 8.07. The second kappa shape index (κ2) is 6.41. The fourth-order valence-corrected chi connectivity index (χ4v) is 3.72. The molecule has 2 bridgehead atoms. The Morgan fingerprint density at radius 2 is 1.96 bits per heavy atom. The largest absolute Gasteiger partial charge is 0.444 e. The first-order valence-corrected chi connectivity index (χ1v) is 8.73. The van der Waals surface area contributed by atoms with Gasteiger partial charge in [-0.25, -0.2) is 9.78 Å². The van der Waals surface area contributed by atoms with E-state index in [0.29, 0.717) is 22.8 Å². The normalized spacial score (nSPS) is 24.1. The topological polar surface area (TPSA) is 57.7 Å². The fourth-order valence-electron chi connectivity index (χ4n) is 3.57. The van der Waals surface area contributed by atoms with Crippen molar-refractivity contribution in [3.05, 3.63) is 17.3 Å². The van der Waals surface area contributed by atoms with Gasteiger partial charge in [-0.2, -0.15) is 0 Å². The number of aromatic nitrogens is 1. The molecule has 1 amide bonds. The number of nitrogens with zero attached hydrogens (tertiary/aromatic N) is 3. The van der Waals surface area contributed by atoms with Crippen molar-refractivity contribution in [2.24, 2.45) is 0 Å². The van der Waals surface area contributed by atoms with Crippen molar-refractivity contribution in [3.63, 3.8) is 0 Å². The lowest BCUT2D eigenvalue weighted by atomic mass is 10.2. The maximum absolute atomic E-state index is 12.0. The molecule has 3 rings (SSSR count). The van der Waals surface area contributed by atoms with Gasteiger partial charge < -0.3 is 14.5 Å². The number of piperazine rings is 1. The summed E-state index contributed by atoms with van der Waals surface area (Å²) in [6.07, 6.45) is 3.44. The van der Waals surface area contributed by atoms with Crippen LogP contribution in [0.2, 0.25) is 5.02 Å². The maximum Gasteiger partial charge on any atom is 0.412 e. The summed E-state index contributed by atoms with van der Waals surface area (Å²) in [6, 6.07) is 2.79. The lowest BCUT2D eigenvalue weighted by molar-refractivity contribution is 0.0636. The number of likely N-dealkylation sites (N-methyl/N-ethyl adjacent to an activating group) is 1. The quantitative estimate of drug-likeness (QED) is 0.884. The first-order valence-electron chi connectivity index (χ1n) is 8.35. The van der Waals surface area contributed by atoms with E-state index in [1.165, 1.54) is 12.8 Å². The van der Waals surface area contributed by atoms with E-state index < -0.39 is 11.7 Å². The Balaban J connectivity index is 1.78. The van der Waals surface area contributed by atoms with Crippen LogP contribution in [0.4, 0.5) is 16.3 Å². The van der Waals surface area contributed by atoms with Crippen molar-refractivity contribution in [1.29, 1.82) is 0 Å². The molecule has 6 nitrogen and oxygen atoms in total. The second-order valence-electron chi connectivity index (χ2n) is 7.66. The van der Waals surface area contributed by atoms with Gasteiger partial charge in [0, 0.05) is 31.2 Å². The zero-order valence-corrected chi connectivity index (χ0v) is 15.4. The van der Waals surface area contributed by atoms with Crippen molar-refractivity contribution in [2.45, 2.75) is 51.3 Å². The molecule has 0 saturated carbocycles. The minimum atomic E-state index is -0.553. The van der Waals surface area contributed by atoms with Crippen molar-refractivity contribution in [2.75, 3.05) is 30.4 Å². The lowest BCUT2D eigenvalue weighted by Gasteiger charge is -2.40. The van der Waals surface area contributed by atoms with Gasteiger partial charge in [-0.05, 0) is 40.7 Å². The number of likely N-dealkylation sites (tertiary alicyclic amines) is 1. The number of carbonyl (C=O) groups is 1. The first-order chi connectivity index (χ1) is 11.2. The standard InChI is InChI=1S/C17H25ClN4O2/c1-17(2,3)24-16(23)20-14-7-15(19-8-13(14)18)22-11-5-6-12(22)10-21(4)9-11/h7-8,11-12H,5-6,9-10H2,1-4H3,(H,19,20,23)/t11-,12+. The third-order valence-electron chi connectivity index (χ3n) is 4.41. The number of amides is 1. The van der Waals surface area contributed by atoms with Crippen molar-refractivity contribution in [3.8, 4) is 0 Å². The Morgan fingerprint density at radius 1 is 1.33 bits per heavy atom. The number of rotatable bonds is 2. The minimum Gasteiger partial charge on any atom is -0.444 e. The average molecular weight is 353 g/mol. The number of pyridine rings is 1. The maximum atomic E-state index is 12.0. The van der Waals surface area contributed by atoms with Gasteiger partial charge >= 0.3 is 6.09 Å². The zero-order chi connectivity index (χ0) is 17.5. The number of hydrogen-bond donors (Lipinski definition) is 1. The SMILES string of the molecule is CN1C[C@H]2CC[C@@H](C1)N2c1cc(NC(=O)OC(C)(C)C)c(Cl)cn1. The summed E-state index contributed by atoms with van der Waals surface area (Å²) in [4.78, 5) is 21.3. The van der Waals surface area contributed by atoms with Crippen LogP contribution in [-0.4, -0.2) is 53.8 Å². The van der Waals surface area contributed by atoms with Crippen molar-refractivity contribution < 1.29 is 9.53 Å². The van der Waals surface area contributed by atoms with Gasteiger partial charge in [-0.1, -0.05) is 11.6 Å². The summed E-state index contributed by atoms with van der Waals surface area (Å²) in [5.74, 6) is 0.867. The molecule has 2 atom stereocenters. The highest BCUT2D eigenvalue weighted by molar-refractivity contribution is 6.33. The van der Waals surface area contributed by atoms with Crippen LogP contribution >= 0.6 is 11.6 Å². The Hall–Kier alpha value is -1.53. The molecular weight excluding hydrogens is 328 g/mol. The van der Waals surface area contributed by atoms with Gasteiger partial charge in [0.1, 0.15) is 11.4 Å². The summed E-state index contributed by atoms with van der Waals surface area (Å²) in [5, 5.41) is 3.14. The summed E-state index contributed by atoms with van der Waals surface area (Å²) in [6.45, 7) is 7.56. The van der Waals surface area contributed by atoms with Crippen LogP contribution in [0.3, 0.4) is 0 Å². The Labute approximate surface area is 148 Å². The molecule has 1 aromatic rings. The molecule has 24 heavy (non-hydrogen) atoms. The van der Waals surface area contributed by atoms with Gasteiger partial charge in [-0.3, -0.25) is 5.32 Å². The molecule has 2 aliphatic rings. The molecule has 1 aromatic heterocycles. The number of hydrogen-bond acceptors (Lipinski definition) is 5. The van der Waals surface area contributed by atoms with E-state index in [9.17, 15) is 4.79 Å². The van der Waals surface area contributed by atoms with E-state index in [1.807, 2.05) is 26.8 Å². The van der Waals surface area contributed by atoms with Crippen LogP contribution in [0.15, 0.2) is 12.3 Å². The minimum absolute atomic E-state index is 0.408. The van der Waals surface area contributed by atoms with Crippen molar-refractivity contribution in [1.82, 2.24) is 9.88 Å². The number of ether oxygens (including phenoxy) is 1. The summed E-state index contributed by atoms with van der Waals surface area (Å²) in [5.41, 5.74) is -0.0163. The summed E-state index contributed by atoms with van der Waals surface area (Å²) < 4.78 is 5.30. The van der Waals surface area contributed by atoms with Crippen LogP contribution in [0.25, 0.3) is 0 Å². The molecular formula is C17H25ClN4O2. The van der Waals surface area contributed by atoms with E-state index in [0.717, 1.165) is 18.9 Å². The highest BCUT2D eigenvalue weighted by Gasteiger charge is 2.39. The monoisotopic (exact) mass is 352 g/mol. The summed E-state index contributed by atoms with van der Waals surface area (Å²) in [7, 11) is 2.16. The van der Waals surface area contributed by atoms with Gasteiger partial charge in [0.05, 0.1) is 16.9 Å². The number of halogens is 1. The molecule has 7 heteroatoms. The molecule has 1 N–H and O–H groups in total. The van der Waals surface area contributed by atoms with Crippen LogP contribution in [0.1, 0.15) is 33.6 Å². The highest BCUT2D eigenvalue weighted by atomic mass is 35.5. The van der Waals surface area contributed by atoms with Crippen LogP contribution in [0.5, 0.6) is 0 Å². The van der Waals surface area contributed by atoms with Gasteiger partial charge in [0.25, 0.3) is 0 Å². The predicted molar refractivity (Wildman–Crippen MR) is 95.9 cm³/mol. The molecule has 2 saturated heterocycles. The predicted octanol–water partition coefficient (Wildman–Crippen LogP) is 3.36. The molecule has 0 radical (unpaired) electrons. The third kappa shape index (κ3) is 3.75. The average Bonchev–Trinajstić information content (AvgIpc) is 2.71. The smallest absolute Gasteiger partial charge is 0.412 e. The molecule has 0 spiro atoms. The van der Waals surface area contributed by atoms with Crippen LogP contribution in [-0.2, 0) is 4.74 Å². The van der Waals surface area contributed by atoms with Crippen molar-refractivity contribution >= 4 is 29.2 Å². The molecule has 3 heterocycles. The Bertz CT molecular complexity index is 618. The van der Waals surface area contributed by atoms with Gasteiger partial charge in [0.15, 0.2) is 0 Å². The van der Waals surface area contributed by atoms with Crippen LogP contribution < -0.4 is 10.2 Å². The van der Waals surface area contributed by atoms with E-state index in [1.54, 1.807) is 6.20 Å². The zero-order valence-electron chi connectivity index (χ0n) is 14.7. The highest BCUT2D eigenvalue weighted by Crippen LogP contribution is 2.35. The molecule has 2 fully saturated rings. The third-order valence-corrected chi connectivity index (χ3v) is 4.71. The van der Waals surface area contributed by atoms with Crippen LogP contribution in [0, 0.1) is 0 Å². The lowest BCUT2D eigenvalue weighted by Crippen LogP contribution is -2.52. The molecule has 0 unspecified atom stereocenters. The molecule has 132 valence electrons. The Kier molecular flexibility index (Phi) is 4.62. The fraction of sp³-hybridized carbons (Fsp3) is 0.647. The van der Waals surface area contributed by atoms with Gasteiger partial charge in [-0.15, -0.1) is 0 Å². The number of nitrogens with one attached hydrogen (secondary N) is 1. The molecule has 0 aliphatic carbocycles. The van der Waals surface area contributed by atoms with E-state index in [-0.39, 0.29) is 0 Å². The van der Waals surface area contributed by atoms with E-state index in [2.05, 4.69) is 27.1 Å². The summed E-state index contributed by atoms with van der Waals surface area (Å²) >= 11 is 6.20. The van der Waals surface area contributed by atoms with E-state index in [4.69, 9.17) is 16.3 Å². The number of carbonyl (C=O) groups excluding carboxylic acids is 1. The number of anilines is 2. The molecule has 0 aromatic carbocycles. The molecule has 2 aliphatic heterocycles. The van der Waals surface area contributed by atoms with E-state index >= 15 is 0 Å².